The molecule has 0 unspecified atom stereocenters. The Morgan fingerprint density at radius 3 is 2.68 bits per heavy atom. The third kappa shape index (κ3) is 2.75. The number of nitrogens with zero attached hydrogens (tertiary/aromatic N) is 1. The molecule has 100 valence electrons. The van der Waals surface area contributed by atoms with Gasteiger partial charge in [-0.1, -0.05) is 32.0 Å². The molecule has 0 aliphatic rings. The van der Waals surface area contributed by atoms with Crippen molar-refractivity contribution in [3.8, 4) is 0 Å². The number of hydrogen-bond donors (Lipinski definition) is 1. The number of fused-ring (bicyclic) bond motifs is 1. The van der Waals surface area contributed by atoms with Gasteiger partial charge >= 0.3 is 0 Å². The second-order valence-corrected chi connectivity index (χ2v) is 4.73. The summed E-state index contributed by atoms with van der Waals surface area (Å²) in [5, 5.41) is 4.07. The minimum absolute atomic E-state index is 0.0732. The number of benzene rings is 1. The minimum atomic E-state index is 0.0732. The molecule has 1 aromatic carbocycles. The molecule has 0 atom stereocenters. The standard InChI is InChI=1S/C16H20N2O/c1-4-8-15(19)18-16-11(3)13(5-2)17-14-10-7-6-9-12(14)16/h6-7,9-10H,4-5,8H2,1-3H3,(H,17,18,19). The molecule has 19 heavy (non-hydrogen) atoms. The Labute approximate surface area is 114 Å². The van der Waals surface area contributed by atoms with Crippen molar-refractivity contribution in [2.45, 2.75) is 40.0 Å². The van der Waals surface area contributed by atoms with Crippen LogP contribution in [0.1, 0.15) is 37.9 Å². The number of rotatable bonds is 4. The van der Waals surface area contributed by atoms with Crippen molar-refractivity contribution in [3.63, 3.8) is 0 Å². The topological polar surface area (TPSA) is 42.0 Å². The van der Waals surface area contributed by atoms with Crippen LogP contribution in [-0.2, 0) is 11.2 Å². The number of carbonyl (C=O) groups excluding carboxylic acids is 1. The summed E-state index contributed by atoms with van der Waals surface area (Å²) in [6.07, 6.45) is 2.28. The van der Waals surface area contributed by atoms with Crippen molar-refractivity contribution in [2.24, 2.45) is 0 Å². The van der Waals surface area contributed by atoms with E-state index in [0.717, 1.165) is 40.7 Å². The molecular weight excluding hydrogens is 236 g/mol. The summed E-state index contributed by atoms with van der Waals surface area (Å²) in [5.41, 5.74) is 3.98. The van der Waals surface area contributed by atoms with E-state index in [1.54, 1.807) is 0 Å². The number of amides is 1. The first-order chi connectivity index (χ1) is 9.17. The molecule has 3 nitrogen and oxygen atoms in total. The molecule has 0 saturated carbocycles. The van der Waals surface area contributed by atoms with E-state index in [1.165, 1.54) is 0 Å². The average molecular weight is 256 g/mol. The van der Waals surface area contributed by atoms with E-state index in [9.17, 15) is 4.79 Å². The van der Waals surface area contributed by atoms with E-state index in [4.69, 9.17) is 0 Å². The van der Waals surface area contributed by atoms with Crippen LogP contribution in [0.15, 0.2) is 24.3 Å². The first kappa shape index (κ1) is 13.5. The third-order valence-corrected chi connectivity index (χ3v) is 3.31. The van der Waals surface area contributed by atoms with Crippen LogP contribution in [0.2, 0.25) is 0 Å². The molecule has 1 amide bonds. The van der Waals surface area contributed by atoms with Crippen molar-refractivity contribution >= 4 is 22.5 Å². The Balaban J connectivity index is 2.55. The lowest BCUT2D eigenvalue weighted by Gasteiger charge is -2.14. The number of aryl methyl sites for hydroxylation is 1. The molecule has 2 rings (SSSR count). The summed E-state index contributed by atoms with van der Waals surface area (Å²) < 4.78 is 0. The lowest BCUT2D eigenvalue weighted by molar-refractivity contribution is -0.116. The van der Waals surface area contributed by atoms with Gasteiger partial charge in [0.1, 0.15) is 0 Å². The van der Waals surface area contributed by atoms with E-state index >= 15 is 0 Å². The number of anilines is 1. The number of para-hydroxylation sites is 1. The van der Waals surface area contributed by atoms with Gasteiger partial charge in [0, 0.05) is 17.5 Å². The van der Waals surface area contributed by atoms with E-state index in [0.29, 0.717) is 6.42 Å². The minimum Gasteiger partial charge on any atom is -0.325 e. The van der Waals surface area contributed by atoms with Crippen molar-refractivity contribution in [3.05, 3.63) is 35.5 Å². The normalized spacial score (nSPS) is 10.7. The van der Waals surface area contributed by atoms with Gasteiger partial charge in [0.25, 0.3) is 0 Å². The molecule has 2 aromatic rings. The molecule has 0 aliphatic heterocycles. The van der Waals surface area contributed by atoms with Crippen LogP contribution in [0.3, 0.4) is 0 Å². The van der Waals surface area contributed by atoms with Crippen LogP contribution in [-0.4, -0.2) is 10.9 Å². The zero-order valence-electron chi connectivity index (χ0n) is 11.8. The van der Waals surface area contributed by atoms with Gasteiger partial charge in [0.15, 0.2) is 0 Å². The highest BCUT2D eigenvalue weighted by Gasteiger charge is 2.12. The number of pyridine rings is 1. The third-order valence-electron chi connectivity index (χ3n) is 3.31. The van der Waals surface area contributed by atoms with Crippen molar-refractivity contribution in [1.82, 2.24) is 4.98 Å². The van der Waals surface area contributed by atoms with Crippen molar-refractivity contribution in [2.75, 3.05) is 5.32 Å². The lowest BCUT2D eigenvalue weighted by atomic mass is 10.1. The molecule has 1 heterocycles. The Hall–Kier alpha value is -1.90. The molecule has 0 radical (unpaired) electrons. The SMILES string of the molecule is CCCC(=O)Nc1c(C)c(CC)nc2ccccc12. The fraction of sp³-hybridized carbons (Fsp3) is 0.375. The number of carbonyl (C=O) groups is 1. The van der Waals surface area contributed by atoms with Crippen LogP contribution >= 0.6 is 0 Å². The van der Waals surface area contributed by atoms with Crippen molar-refractivity contribution < 1.29 is 4.79 Å². The molecule has 0 aliphatic carbocycles. The quantitative estimate of drug-likeness (QED) is 0.903. The van der Waals surface area contributed by atoms with E-state index in [-0.39, 0.29) is 5.91 Å². The maximum Gasteiger partial charge on any atom is 0.224 e. The number of hydrogen-bond acceptors (Lipinski definition) is 2. The highest BCUT2D eigenvalue weighted by Crippen LogP contribution is 2.28. The molecule has 0 bridgehead atoms. The lowest BCUT2D eigenvalue weighted by Crippen LogP contribution is -2.13. The zero-order chi connectivity index (χ0) is 13.8. The number of nitrogens with one attached hydrogen (secondary N) is 1. The zero-order valence-corrected chi connectivity index (χ0v) is 11.8. The van der Waals surface area contributed by atoms with Gasteiger partial charge in [-0.2, -0.15) is 0 Å². The first-order valence-electron chi connectivity index (χ1n) is 6.85. The Bertz CT molecular complexity index is 605. The molecule has 1 aromatic heterocycles. The smallest absolute Gasteiger partial charge is 0.224 e. The van der Waals surface area contributed by atoms with Crippen LogP contribution in [0.25, 0.3) is 10.9 Å². The number of aromatic nitrogens is 1. The summed E-state index contributed by atoms with van der Waals surface area (Å²) in [7, 11) is 0. The maximum atomic E-state index is 11.9. The van der Waals surface area contributed by atoms with Gasteiger partial charge < -0.3 is 5.32 Å². The van der Waals surface area contributed by atoms with E-state index in [1.807, 2.05) is 38.1 Å². The molecule has 0 saturated heterocycles. The Kier molecular flexibility index (Phi) is 4.15. The predicted octanol–water partition coefficient (Wildman–Crippen LogP) is 3.84. The van der Waals surface area contributed by atoms with Gasteiger partial charge in [0.2, 0.25) is 5.91 Å². The van der Waals surface area contributed by atoms with Gasteiger partial charge in [0.05, 0.1) is 11.2 Å². The Morgan fingerprint density at radius 2 is 2.00 bits per heavy atom. The van der Waals surface area contributed by atoms with E-state index in [2.05, 4.69) is 17.2 Å². The summed E-state index contributed by atoms with van der Waals surface area (Å²) >= 11 is 0. The summed E-state index contributed by atoms with van der Waals surface area (Å²) in [5.74, 6) is 0.0732. The largest absolute Gasteiger partial charge is 0.325 e. The second kappa shape index (κ2) is 5.83. The first-order valence-corrected chi connectivity index (χ1v) is 6.85. The van der Waals surface area contributed by atoms with Crippen LogP contribution in [0.5, 0.6) is 0 Å². The Morgan fingerprint density at radius 1 is 1.26 bits per heavy atom. The summed E-state index contributed by atoms with van der Waals surface area (Å²) in [6, 6.07) is 7.95. The predicted molar refractivity (Wildman–Crippen MR) is 79.4 cm³/mol. The van der Waals surface area contributed by atoms with E-state index < -0.39 is 0 Å². The van der Waals surface area contributed by atoms with Crippen LogP contribution in [0.4, 0.5) is 5.69 Å². The molecule has 3 heteroatoms. The van der Waals surface area contributed by atoms with Gasteiger partial charge in [-0.3, -0.25) is 9.78 Å². The maximum absolute atomic E-state index is 11.9. The molecular formula is C16H20N2O. The second-order valence-electron chi connectivity index (χ2n) is 4.73. The molecule has 0 spiro atoms. The fourth-order valence-electron chi connectivity index (χ4n) is 2.29. The van der Waals surface area contributed by atoms with Crippen LogP contribution in [0, 0.1) is 6.92 Å². The van der Waals surface area contributed by atoms with Gasteiger partial charge in [-0.15, -0.1) is 0 Å². The highest BCUT2D eigenvalue weighted by atomic mass is 16.1. The summed E-state index contributed by atoms with van der Waals surface area (Å²) in [4.78, 5) is 16.5. The molecule has 0 fully saturated rings. The average Bonchev–Trinajstić information content (AvgIpc) is 2.42. The highest BCUT2D eigenvalue weighted by molar-refractivity contribution is 6.02. The summed E-state index contributed by atoms with van der Waals surface area (Å²) in [6.45, 7) is 6.12. The van der Waals surface area contributed by atoms with Crippen molar-refractivity contribution in [1.29, 1.82) is 0 Å². The fourth-order valence-corrected chi connectivity index (χ4v) is 2.29. The van der Waals surface area contributed by atoms with Gasteiger partial charge in [-0.25, -0.2) is 0 Å². The van der Waals surface area contributed by atoms with Crippen LogP contribution < -0.4 is 5.32 Å². The monoisotopic (exact) mass is 256 g/mol. The van der Waals surface area contributed by atoms with Gasteiger partial charge in [-0.05, 0) is 31.4 Å². The molecule has 1 N–H and O–H groups in total.